The van der Waals surface area contributed by atoms with Crippen molar-refractivity contribution in [3.8, 4) is 0 Å². The van der Waals surface area contributed by atoms with Crippen LogP contribution in [0.2, 0.25) is 5.15 Å². The highest BCUT2D eigenvalue weighted by Gasteiger charge is 2.32. The number of hydrogen-bond donors (Lipinski definition) is 2. The van der Waals surface area contributed by atoms with E-state index in [1.54, 1.807) is 19.4 Å². The molecule has 2 unspecified atom stereocenters. The van der Waals surface area contributed by atoms with Crippen LogP contribution in [0.4, 0.5) is 5.13 Å². The number of esters is 1. The maximum atomic E-state index is 12.6. The average Bonchev–Trinajstić information content (AvgIpc) is 3.35. The van der Waals surface area contributed by atoms with Gasteiger partial charge in [0.2, 0.25) is 0 Å². The molecule has 0 spiro atoms. The van der Waals surface area contributed by atoms with Gasteiger partial charge in [-0.05, 0) is 19.8 Å². The van der Waals surface area contributed by atoms with Crippen molar-refractivity contribution in [3.05, 3.63) is 27.7 Å². The van der Waals surface area contributed by atoms with Gasteiger partial charge < -0.3 is 24.7 Å². The number of halogens is 1. The van der Waals surface area contributed by atoms with Crippen molar-refractivity contribution in [3.63, 3.8) is 0 Å². The highest BCUT2D eigenvalue weighted by atomic mass is 35.5. The van der Waals surface area contributed by atoms with Crippen molar-refractivity contribution in [2.45, 2.75) is 38.8 Å². The van der Waals surface area contributed by atoms with Crippen molar-refractivity contribution < 1.29 is 19.1 Å². The number of carbonyl (C=O) groups is 2. The minimum absolute atomic E-state index is 0.179. The number of rotatable bonds is 7. The molecule has 0 aliphatic carbocycles. The SMILES string of the molecule is CCOC(=O)c1csc(N2CCC(NC(=O)c3nc(Cl)c(CC)[nH]3)C(OC)C2)n1. The van der Waals surface area contributed by atoms with E-state index in [-0.39, 0.29) is 23.9 Å². The molecule has 1 aliphatic heterocycles. The molecule has 3 rings (SSSR count). The Morgan fingerprint density at radius 3 is 2.86 bits per heavy atom. The summed E-state index contributed by atoms with van der Waals surface area (Å²) in [5, 5.41) is 5.71. The lowest BCUT2D eigenvalue weighted by Gasteiger charge is -2.37. The van der Waals surface area contributed by atoms with E-state index in [1.165, 1.54) is 11.3 Å². The first kappa shape index (κ1) is 21.5. The second-order valence-corrected chi connectivity index (χ2v) is 7.73. The smallest absolute Gasteiger partial charge is 0.357 e. The van der Waals surface area contributed by atoms with Crippen LogP contribution < -0.4 is 10.2 Å². The van der Waals surface area contributed by atoms with Crippen LogP contribution in [0.3, 0.4) is 0 Å². The minimum atomic E-state index is -0.427. The number of ether oxygens (including phenoxy) is 2. The maximum Gasteiger partial charge on any atom is 0.357 e. The van der Waals surface area contributed by atoms with Crippen molar-refractivity contribution in [2.24, 2.45) is 0 Å². The number of carbonyl (C=O) groups excluding carboxylic acids is 2. The Balaban J connectivity index is 1.63. The van der Waals surface area contributed by atoms with Crippen molar-refractivity contribution in [1.82, 2.24) is 20.3 Å². The molecule has 0 saturated carbocycles. The fraction of sp³-hybridized carbons (Fsp3) is 0.556. The first-order valence-corrected chi connectivity index (χ1v) is 10.7. The topological polar surface area (TPSA) is 109 Å². The van der Waals surface area contributed by atoms with Crippen LogP contribution in [0.25, 0.3) is 0 Å². The van der Waals surface area contributed by atoms with Crippen LogP contribution in [0.5, 0.6) is 0 Å². The van der Waals surface area contributed by atoms with Crippen molar-refractivity contribution in [2.75, 3.05) is 31.7 Å². The van der Waals surface area contributed by atoms with Gasteiger partial charge in [-0.1, -0.05) is 18.5 Å². The van der Waals surface area contributed by atoms with Gasteiger partial charge in [0.1, 0.15) is 0 Å². The number of hydrogen-bond acceptors (Lipinski definition) is 8. The third kappa shape index (κ3) is 4.88. The van der Waals surface area contributed by atoms with Gasteiger partial charge in [0.25, 0.3) is 5.91 Å². The number of imidazole rings is 1. The molecule has 29 heavy (non-hydrogen) atoms. The molecule has 2 N–H and O–H groups in total. The molecule has 1 saturated heterocycles. The number of thiazole rings is 1. The first-order chi connectivity index (χ1) is 14.0. The monoisotopic (exact) mass is 441 g/mol. The first-order valence-electron chi connectivity index (χ1n) is 9.42. The molecule has 1 fully saturated rings. The number of H-pyrrole nitrogens is 1. The lowest BCUT2D eigenvalue weighted by molar-refractivity contribution is 0.0516. The molecule has 2 aromatic rings. The molecule has 11 heteroatoms. The molecule has 158 valence electrons. The van der Waals surface area contributed by atoms with Crippen LogP contribution >= 0.6 is 22.9 Å². The molecule has 0 radical (unpaired) electrons. The second-order valence-electron chi connectivity index (χ2n) is 6.53. The summed E-state index contributed by atoms with van der Waals surface area (Å²) in [7, 11) is 1.61. The molecule has 0 aromatic carbocycles. The van der Waals surface area contributed by atoms with E-state index in [9.17, 15) is 9.59 Å². The summed E-state index contributed by atoms with van der Waals surface area (Å²) in [5.74, 6) is -0.543. The molecule has 1 aliphatic rings. The summed E-state index contributed by atoms with van der Waals surface area (Å²) in [5.41, 5.74) is 1.04. The van der Waals surface area contributed by atoms with E-state index < -0.39 is 5.97 Å². The zero-order valence-electron chi connectivity index (χ0n) is 16.5. The number of nitrogens with one attached hydrogen (secondary N) is 2. The zero-order chi connectivity index (χ0) is 21.0. The summed E-state index contributed by atoms with van der Waals surface area (Å²) >= 11 is 7.41. The molecular formula is C18H24ClN5O4S. The van der Waals surface area contributed by atoms with Crippen LogP contribution in [0.1, 0.15) is 47.1 Å². The van der Waals surface area contributed by atoms with Crippen molar-refractivity contribution in [1.29, 1.82) is 0 Å². The average molecular weight is 442 g/mol. The number of amides is 1. The normalized spacial score (nSPS) is 19.2. The zero-order valence-corrected chi connectivity index (χ0v) is 18.1. The third-order valence-electron chi connectivity index (χ3n) is 4.72. The van der Waals surface area contributed by atoms with Crippen LogP contribution in [0.15, 0.2) is 5.38 Å². The van der Waals surface area contributed by atoms with E-state index in [2.05, 4.69) is 20.3 Å². The molecule has 2 atom stereocenters. The Morgan fingerprint density at radius 1 is 1.41 bits per heavy atom. The van der Waals surface area contributed by atoms with Gasteiger partial charge in [0.15, 0.2) is 21.8 Å². The fourth-order valence-electron chi connectivity index (χ4n) is 3.17. The number of piperidine rings is 1. The number of aromatic nitrogens is 3. The van der Waals surface area contributed by atoms with E-state index in [0.29, 0.717) is 43.4 Å². The Hall–Kier alpha value is -2.17. The van der Waals surface area contributed by atoms with Crippen LogP contribution in [0, 0.1) is 0 Å². The summed E-state index contributed by atoms with van der Waals surface area (Å²) in [6, 6.07) is -0.179. The Bertz CT molecular complexity index is 870. The van der Waals surface area contributed by atoms with Crippen LogP contribution in [-0.4, -0.2) is 65.8 Å². The minimum Gasteiger partial charge on any atom is -0.461 e. The van der Waals surface area contributed by atoms with Gasteiger partial charge in [-0.15, -0.1) is 11.3 Å². The van der Waals surface area contributed by atoms with E-state index in [4.69, 9.17) is 21.1 Å². The summed E-state index contributed by atoms with van der Waals surface area (Å²) in [6.45, 7) is 5.20. The highest BCUT2D eigenvalue weighted by Crippen LogP contribution is 2.26. The van der Waals surface area contributed by atoms with Gasteiger partial charge >= 0.3 is 5.97 Å². The number of nitrogens with zero attached hydrogens (tertiary/aromatic N) is 3. The largest absolute Gasteiger partial charge is 0.461 e. The lowest BCUT2D eigenvalue weighted by atomic mass is 10.0. The molecule has 3 heterocycles. The van der Waals surface area contributed by atoms with E-state index in [0.717, 1.165) is 10.8 Å². The Labute approximate surface area is 177 Å². The summed E-state index contributed by atoms with van der Waals surface area (Å²) in [6.07, 6.45) is 1.09. The Kier molecular flexibility index (Phi) is 7.09. The Morgan fingerprint density at radius 2 is 2.21 bits per heavy atom. The molecule has 9 nitrogen and oxygen atoms in total. The van der Waals surface area contributed by atoms with Gasteiger partial charge in [-0.25, -0.2) is 14.8 Å². The van der Waals surface area contributed by atoms with E-state index >= 15 is 0 Å². The second kappa shape index (κ2) is 9.55. The van der Waals surface area contributed by atoms with Gasteiger partial charge in [-0.3, -0.25) is 4.79 Å². The molecular weight excluding hydrogens is 418 g/mol. The van der Waals surface area contributed by atoms with Crippen molar-refractivity contribution >= 4 is 39.9 Å². The molecule has 0 bridgehead atoms. The van der Waals surface area contributed by atoms with E-state index in [1.807, 2.05) is 11.8 Å². The number of aryl methyl sites for hydroxylation is 1. The maximum absolute atomic E-state index is 12.6. The lowest BCUT2D eigenvalue weighted by Crippen LogP contribution is -2.55. The standard InChI is InChI=1S/C18H24ClN5O4S/c1-4-10-14(19)23-15(20-10)16(25)21-11-6-7-24(8-13(11)27-3)18-22-12(9-29-18)17(26)28-5-2/h9,11,13H,4-8H2,1-3H3,(H,20,23)(H,21,25). The summed E-state index contributed by atoms with van der Waals surface area (Å²) < 4.78 is 10.6. The molecule has 1 amide bonds. The predicted molar refractivity (Wildman–Crippen MR) is 110 cm³/mol. The fourth-order valence-corrected chi connectivity index (χ4v) is 4.27. The van der Waals surface area contributed by atoms with Gasteiger partial charge in [-0.2, -0.15) is 0 Å². The molecule has 2 aromatic heterocycles. The van der Waals surface area contributed by atoms with Gasteiger partial charge in [0.05, 0.1) is 24.4 Å². The van der Waals surface area contributed by atoms with Gasteiger partial charge in [0, 0.05) is 25.6 Å². The third-order valence-corrected chi connectivity index (χ3v) is 5.94. The van der Waals surface area contributed by atoms with Crippen LogP contribution in [-0.2, 0) is 15.9 Å². The number of methoxy groups -OCH3 is 1. The quantitative estimate of drug-likeness (QED) is 0.634. The predicted octanol–water partition coefficient (Wildman–Crippen LogP) is 2.28. The number of aromatic amines is 1. The number of anilines is 1. The summed E-state index contributed by atoms with van der Waals surface area (Å²) in [4.78, 5) is 37.8. The highest BCUT2D eigenvalue weighted by molar-refractivity contribution is 7.13.